The van der Waals surface area contributed by atoms with Crippen molar-refractivity contribution >= 4 is 11.8 Å². The van der Waals surface area contributed by atoms with Crippen LogP contribution >= 0.6 is 11.8 Å². The average molecular weight is 277 g/mol. The number of hydrogen-bond donors (Lipinski definition) is 1. The smallest absolute Gasteiger partial charge is 0.194 e. The van der Waals surface area contributed by atoms with Gasteiger partial charge in [-0.1, -0.05) is 0 Å². The van der Waals surface area contributed by atoms with Crippen LogP contribution in [0, 0.1) is 13.8 Å². The second-order valence-corrected chi connectivity index (χ2v) is 5.71. The van der Waals surface area contributed by atoms with E-state index < -0.39 is 0 Å². The van der Waals surface area contributed by atoms with Crippen LogP contribution in [0.1, 0.15) is 23.9 Å². The highest BCUT2D eigenvalue weighted by molar-refractivity contribution is 7.99. The van der Waals surface area contributed by atoms with Crippen LogP contribution in [0.2, 0.25) is 0 Å². The Labute approximate surface area is 117 Å². The molecule has 2 N–H and O–H groups in total. The second-order valence-electron chi connectivity index (χ2n) is 4.76. The Balaban J connectivity index is 2.33. The van der Waals surface area contributed by atoms with Gasteiger partial charge in [-0.3, -0.25) is 4.68 Å². The fourth-order valence-electron chi connectivity index (χ4n) is 1.93. The van der Waals surface area contributed by atoms with Crippen molar-refractivity contribution in [2.75, 3.05) is 0 Å². The molecule has 0 saturated carbocycles. The fourth-order valence-corrected chi connectivity index (χ4v) is 2.93. The molecular formula is C13H19N5S. The molecule has 2 heterocycles. The van der Waals surface area contributed by atoms with Crippen molar-refractivity contribution < 1.29 is 0 Å². The van der Waals surface area contributed by atoms with Gasteiger partial charge in [0.15, 0.2) is 5.16 Å². The Morgan fingerprint density at radius 3 is 2.79 bits per heavy atom. The number of nitrogens with two attached hydrogens (primary N) is 1. The van der Waals surface area contributed by atoms with E-state index in [-0.39, 0.29) is 6.04 Å². The van der Waals surface area contributed by atoms with Crippen molar-refractivity contribution in [3.05, 3.63) is 29.2 Å². The van der Waals surface area contributed by atoms with Gasteiger partial charge in [-0.25, -0.2) is 9.97 Å². The molecule has 0 bridgehead atoms. The normalized spacial score (nSPS) is 12.7. The third-order valence-corrected chi connectivity index (χ3v) is 3.86. The molecule has 0 radical (unpaired) electrons. The van der Waals surface area contributed by atoms with Crippen LogP contribution in [0.4, 0.5) is 0 Å². The van der Waals surface area contributed by atoms with Crippen molar-refractivity contribution in [1.82, 2.24) is 19.7 Å². The van der Waals surface area contributed by atoms with Crippen LogP contribution in [0.5, 0.6) is 0 Å². The molecule has 0 amide bonds. The van der Waals surface area contributed by atoms with E-state index in [2.05, 4.69) is 15.1 Å². The molecular weight excluding hydrogens is 258 g/mol. The summed E-state index contributed by atoms with van der Waals surface area (Å²) in [5.41, 5.74) is 9.09. The Morgan fingerprint density at radius 1 is 1.42 bits per heavy atom. The minimum atomic E-state index is 0.112. The van der Waals surface area contributed by atoms with E-state index in [4.69, 9.17) is 5.73 Å². The average Bonchev–Trinajstić information content (AvgIpc) is 2.56. The molecule has 102 valence electrons. The summed E-state index contributed by atoms with van der Waals surface area (Å²) in [6, 6.07) is 2.00. The molecule has 0 aliphatic carbocycles. The first-order valence-electron chi connectivity index (χ1n) is 6.23. The molecule has 0 fully saturated rings. The zero-order valence-electron chi connectivity index (χ0n) is 11.7. The predicted octanol–water partition coefficient (Wildman–Crippen LogP) is 1.87. The summed E-state index contributed by atoms with van der Waals surface area (Å²) in [7, 11) is 1.94. The number of nitrogens with zero attached hydrogens (tertiary/aromatic N) is 4. The van der Waals surface area contributed by atoms with Gasteiger partial charge in [0.05, 0.1) is 5.69 Å². The SMILES string of the molecule is Cc1ccnc(Sc2c(CC(C)N)c(C)nn2C)n1. The van der Waals surface area contributed by atoms with Crippen LogP contribution < -0.4 is 5.73 Å². The van der Waals surface area contributed by atoms with Crippen LogP contribution in [0.15, 0.2) is 22.4 Å². The van der Waals surface area contributed by atoms with E-state index in [0.717, 1.165) is 28.0 Å². The van der Waals surface area contributed by atoms with Gasteiger partial charge in [0.25, 0.3) is 0 Å². The van der Waals surface area contributed by atoms with Gasteiger partial charge >= 0.3 is 0 Å². The second kappa shape index (κ2) is 5.71. The first-order valence-corrected chi connectivity index (χ1v) is 7.04. The predicted molar refractivity (Wildman–Crippen MR) is 76.2 cm³/mol. The van der Waals surface area contributed by atoms with Gasteiger partial charge in [0.2, 0.25) is 0 Å². The Hall–Kier alpha value is -1.40. The van der Waals surface area contributed by atoms with Crippen LogP contribution in [0.3, 0.4) is 0 Å². The van der Waals surface area contributed by atoms with Gasteiger partial charge in [-0.15, -0.1) is 0 Å². The highest BCUT2D eigenvalue weighted by Gasteiger charge is 2.16. The lowest BCUT2D eigenvalue weighted by Crippen LogP contribution is -2.18. The molecule has 1 unspecified atom stereocenters. The Morgan fingerprint density at radius 2 is 2.16 bits per heavy atom. The number of rotatable bonds is 4. The molecule has 2 aromatic heterocycles. The molecule has 2 rings (SSSR count). The first kappa shape index (κ1) is 14.0. The lowest BCUT2D eigenvalue weighted by Gasteiger charge is -2.08. The number of hydrogen-bond acceptors (Lipinski definition) is 5. The molecule has 1 atom stereocenters. The number of aryl methyl sites for hydroxylation is 3. The first-order chi connectivity index (χ1) is 8.97. The molecule has 0 aliphatic heterocycles. The van der Waals surface area contributed by atoms with E-state index in [1.54, 1.807) is 18.0 Å². The third kappa shape index (κ3) is 3.33. The Bertz CT molecular complexity index is 576. The summed E-state index contributed by atoms with van der Waals surface area (Å²) in [6.07, 6.45) is 2.59. The zero-order valence-corrected chi connectivity index (χ0v) is 12.5. The van der Waals surface area contributed by atoms with Gasteiger partial charge in [0, 0.05) is 30.5 Å². The van der Waals surface area contributed by atoms with E-state index in [0.29, 0.717) is 0 Å². The van der Waals surface area contributed by atoms with Gasteiger partial charge in [-0.05, 0) is 45.0 Å². The highest BCUT2D eigenvalue weighted by Crippen LogP contribution is 2.30. The van der Waals surface area contributed by atoms with Crippen molar-refractivity contribution in [2.24, 2.45) is 12.8 Å². The molecule has 0 saturated heterocycles. The Kier molecular flexibility index (Phi) is 4.21. The topological polar surface area (TPSA) is 69.6 Å². The molecule has 2 aromatic rings. The van der Waals surface area contributed by atoms with E-state index in [1.165, 1.54) is 5.56 Å². The summed E-state index contributed by atoms with van der Waals surface area (Å²) in [6.45, 7) is 5.98. The van der Waals surface area contributed by atoms with E-state index >= 15 is 0 Å². The summed E-state index contributed by atoms with van der Waals surface area (Å²) in [5.74, 6) is 0. The van der Waals surface area contributed by atoms with Crippen LogP contribution in [-0.2, 0) is 13.5 Å². The molecule has 5 nitrogen and oxygen atoms in total. The van der Waals surface area contributed by atoms with Crippen molar-refractivity contribution in [2.45, 2.75) is 43.4 Å². The van der Waals surface area contributed by atoms with Crippen LogP contribution in [0.25, 0.3) is 0 Å². The minimum absolute atomic E-state index is 0.112. The highest BCUT2D eigenvalue weighted by atomic mass is 32.2. The van der Waals surface area contributed by atoms with E-state index in [9.17, 15) is 0 Å². The standard InChI is InChI=1S/C13H19N5S/c1-8(14)7-11-10(3)17-18(4)12(11)19-13-15-6-5-9(2)16-13/h5-6,8H,7,14H2,1-4H3. The third-order valence-electron chi connectivity index (χ3n) is 2.78. The molecule has 0 aromatic carbocycles. The molecule has 19 heavy (non-hydrogen) atoms. The maximum absolute atomic E-state index is 5.91. The number of aromatic nitrogens is 4. The largest absolute Gasteiger partial charge is 0.328 e. The van der Waals surface area contributed by atoms with Gasteiger partial charge < -0.3 is 5.73 Å². The molecule has 0 spiro atoms. The molecule has 0 aliphatic rings. The van der Waals surface area contributed by atoms with E-state index in [1.807, 2.05) is 38.6 Å². The van der Waals surface area contributed by atoms with Crippen molar-refractivity contribution in [1.29, 1.82) is 0 Å². The van der Waals surface area contributed by atoms with Crippen molar-refractivity contribution in [3.63, 3.8) is 0 Å². The minimum Gasteiger partial charge on any atom is -0.328 e. The summed E-state index contributed by atoms with van der Waals surface area (Å²) in [5, 5.41) is 6.28. The van der Waals surface area contributed by atoms with Gasteiger partial charge in [-0.2, -0.15) is 5.10 Å². The lowest BCUT2D eigenvalue weighted by molar-refractivity contribution is 0.676. The maximum Gasteiger partial charge on any atom is 0.194 e. The molecule has 6 heteroatoms. The van der Waals surface area contributed by atoms with Crippen molar-refractivity contribution in [3.8, 4) is 0 Å². The quantitative estimate of drug-likeness (QED) is 0.864. The summed E-state index contributed by atoms with van der Waals surface area (Å²) in [4.78, 5) is 8.70. The summed E-state index contributed by atoms with van der Waals surface area (Å²) < 4.78 is 1.88. The monoisotopic (exact) mass is 277 g/mol. The van der Waals surface area contributed by atoms with Gasteiger partial charge in [0.1, 0.15) is 5.03 Å². The maximum atomic E-state index is 5.91. The zero-order chi connectivity index (χ0) is 14.0. The lowest BCUT2D eigenvalue weighted by atomic mass is 10.1. The fraction of sp³-hybridized carbons (Fsp3) is 0.462. The summed E-state index contributed by atoms with van der Waals surface area (Å²) >= 11 is 1.54. The van der Waals surface area contributed by atoms with Crippen LogP contribution in [-0.4, -0.2) is 25.8 Å².